The monoisotopic (exact) mass is 392 g/mol. The SMILES string of the molecule is O=C(Nc1ccc(Nc2ccc(N3CCCC3)cc2)cn1)c1ccc(Cl)cc1. The number of aromatic nitrogens is 1. The molecule has 2 aromatic carbocycles. The number of hydrogen-bond acceptors (Lipinski definition) is 4. The largest absolute Gasteiger partial charge is 0.372 e. The molecule has 1 aromatic heterocycles. The zero-order chi connectivity index (χ0) is 19.3. The number of amides is 1. The molecule has 0 unspecified atom stereocenters. The number of nitrogens with one attached hydrogen (secondary N) is 2. The van der Waals surface area contributed by atoms with Crippen LogP contribution in [0.15, 0.2) is 66.9 Å². The number of carbonyl (C=O) groups is 1. The van der Waals surface area contributed by atoms with Crippen molar-refractivity contribution in [2.75, 3.05) is 28.6 Å². The molecular formula is C22H21ClN4O. The maximum absolute atomic E-state index is 12.2. The Balaban J connectivity index is 1.36. The Labute approximate surface area is 169 Å². The van der Waals surface area contributed by atoms with Gasteiger partial charge in [0.25, 0.3) is 5.91 Å². The number of nitrogens with zero attached hydrogens (tertiary/aromatic N) is 2. The first-order chi connectivity index (χ1) is 13.7. The number of rotatable bonds is 5. The van der Waals surface area contributed by atoms with Crippen molar-refractivity contribution in [1.29, 1.82) is 0 Å². The number of anilines is 4. The zero-order valence-corrected chi connectivity index (χ0v) is 16.1. The predicted octanol–water partition coefficient (Wildman–Crippen LogP) is 5.33. The molecule has 0 radical (unpaired) electrons. The molecule has 142 valence electrons. The molecule has 1 fully saturated rings. The fourth-order valence-corrected chi connectivity index (χ4v) is 3.36. The summed E-state index contributed by atoms with van der Waals surface area (Å²) >= 11 is 5.85. The molecule has 0 bridgehead atoms. The van der Waals surface area contributed by atoms with Gasteiger partial charge in [-0.3, -0.25) is 4.79 Å². The van der Waals surface area contributed by atoms with Crippen LogP contribution in [0.5, 0.6) is 0 Å². The predicted molar refractivity (Wildman–Crippen MR) is 115 cm³/mol. The lowest BCUT2D eigenvalue weighted by Gasteiger charge is -2.18. The van der Waals surface area contributed by atoms with Gasteiger partial charge in [0.2, 0.25) is 0 Å². The molecule has 2 heterocycles. The Morgan fingerprint density at radius 1 is 0.893 bits per heavy atom. The van der Waals surface area contributed by atoms with Crippen molar-refractivity contribution >= 4 is 40.4 Å². The Bertz CT molecular complexity index is 934. The molecular weight excluding hydrogens is 372 g/mol. The second-order valence-electron chi connectivity index (χ2n) is 6.76. The molecule has 0 spiro atoms. The first-order valence-corrected chi connectivity index (χ1v) is 9.70. The van der Waals surface area contributed by atoms with Gasteiger partial charge in [-0.05, 0) is 73.5 Å². The Hall–Kier alpha value is -3.05. The normalized spacial score (nSPS) is 13.4. The van der Waals surface area contributed by atoms with Gasteiger partial charge in [-0.15, -0.1) is 0 Å². The summed E-state index contributed by atoms with van der Waals surface area (Å²) in [6.07, 6.45) is 4.24. The second-order valence-corrected chi connectivity index (χ2v) is 7.20. The van der Waals surface area contributed by atoms with E-state index in [2.05, 4.69) is 44.8 Å². The summed E-state index contributed by atoms with van der Waals surface area (Å²) in [7, 11) is 0. The van der Waals surface area contributed by atoms with Crippen molar-refractivity contribution in [2.24, 2.45) is 0 Å². The third kappa shape index (κ3) is 4.43. The summed E-state index contributed by atoms with van der Waals surface area (Å²) in [5.74, 6) is 0.275. The smallest absolute Gasteiger partial charge is 0.256 e. The van der Waals surface area contributed by atoms with Crippen molar-refractivity contribution < 1.29 is 4.79 Å². The number of pyridine rings is 1. The van der Waals surface area contributed by atoms with Crippen LogP contribution in [-0.4, -0.2) is 24.0 Å². The van der Waals surface area contributed by atoms with Crippen LogP contribution >= 0.6 is 11.6 Å². The molecule has 4 rings (SSSR count). The highest BCUT2D eigenvalue weighted by Gasteiger charge is 2.12. The Morgan fingerprint density at radius 3 is 2.21 bits per heavy atom. The molecule has 2 N–H and O–H groups in total. The van der Waals surface area contributed by atoms with Crippen LogP contribution in [0.25, 0.3) is 0 Å². The van der Waals surface area contributed by atoms with E-state index in [1.807, 2.05) is 6.07 Å². The first kappa shape index (κ1) is 18.3. The van der Waals surface area contributed by atoms with Crippen molar-refractivity contribution in [2.45, 2.75) is 12.8 Å². The molecule has 0 saturated carbocycles. The van der Waals surface area contributed by atoms with E-state index in [0.29, 0.717) is 16.4 Å². The topological polar surface area (TPSA) is 57.3 Å². The van der Waals surface area contributed by atoms with Crippen molar-refractivity contribution in [1.82, 2.24) is 4.98 Å². The summed E-state index contributed by atoms with van der Waals surface area (Å²) < 4.78 is 0. The van der Waals surface area contributed by atoms with Crippen LogP contribution in [0.1, 0.15) is 23.2 Å². The number of benzene rings is 2. The van der Waals surface area contributed by atoms with Crippen LogP contribution in [0.3, 0.4) is 0 Å². The molecule has 0 atom stereocenters. The lowest BCUT2D eigenvalue weighted by molar-refractivity contribution is 0.102. The maximum atomic E-state index is 12.2. The minimum absolute atomic E-state index is 0.220. The fourth-order valence-electron chi connectivity index (χ4n) is 3.23. The van der Waals surface area contributed by atoms with Gasteiger partial charge in [0.05, 0.1) is 11.9 Å². The second kappa shape index (κ2) is 8.31. The summed E-state index contributed by atoms with van der Waals surface area (Å²) in [5, 5.41) is 6.71. The number of hydrogen-bond donors (Lipinski definition) is 2. The van der Waals surface area contributed by atoms with Gasteiger partial charge < -0.3 is 15.5 Å². The maximum Gasteiger partial charge on any atom is 0.256 e. The molecule has 1 aliphatic heterocycles. The summed E-state index contributed by atoms with van der Waals surface area (Å²) in [5.41, 5.74) is 3.66. The first-order valence-electron chi connectivity index (χ1n) is 9.32. The average Bonchev–Trinajstić information content (AvgIpc) is 3.25. The Morgan fingerprint density at radius 2 is 1.57 bits per heavy atom. The van der Waals surface area contributed by atoms with Crippen molar-refractivity contribution in [3.8, 4) is 0 Å². The third-order valence-corrected chi connectivity index (χ3v) is 4.99. The highest BCUT2D eigenvalue weighted by molar-refractivity contribution is 6.30. The molecule has 0 aliphatic carbocycles. The van der Waals surface area contributed by atoms with Gasteiger partial charge in [-0.2, -0.15) is 0 Å². The van der Waals surface area contributed by atoms with Gasteiger partial charge in [0, 0.05) is 35.1 Å². The lowest BCUT2D eigenvalue weighted by Crippen LogP contribution is -2.17. The van der Waals surface area contributed by atoms with Crippen molar-refractivity contribution in [3.05, 3.63) is 77.4 Å². The molecule has 3 aromatic rings. The van der Waals surface area contributed by atoms with Crippen LogP contribution in [0.4, 0.5) is 22.9 Å². The summed E-state index contributed by atoms with van der Waals surface area (Å²) in [6.45, 7) is 2.28. The molecule has 1 aliphatic rings. The standard InChI is InChI=1S/C22H21ClN4O/c23-17-5-3-16(4-6-17)22(28)26-21-12-9-19(15-24-21)25-18-7-10-20(11-8-18)27-13-1-2-14-27/h3-12,15,25H,1-2,13-14H2,(H,24,26,28). The van der Waals surface area contributed by atoms with Gasteiger partial charge >= 0.3 is 0 Å². The van der Waals surface area contributed by atoms with Crippen LogP contribution in [0.2, 0.25) is 5.02 Å². The molecule has 28 heavy (non-hydrogen) atoms. The van der Waals surface area contributed by atoms with Crippen molar-refractivity contribution in [3.63, 3.8) is 0 Å². The minimum Gasteiger partial charge on any atom is -0.372 e. The molecule has 1 amide bonds. The van der Waals surface area contributed by atoms with E-state index in [-0.39, 0.29) is 5.91 Å². The number of carbonyl (C=O) groups excluding carboxylic acids is 1. The summed E-state index contributed by atoms with van der Waals surface area (Å²) in [6, 6.07) is 18.8. The summed E-state index contributed by atoms with van der Waals surface area (Å²) in [4.78, 5) is 18.9. The van der Waals surface area contributed by atoms with E-state index in [9.17, 15) is 4.79 Å². The van der Waals surface area contributed by atoms with E-state index in [0.717, 1.165) is 24.5 Å². The van der Waals surface area contributed by atoms with E-state index >= 15 is 0 Å². The Kier molecular flexibility index (Phi) is 5.44. The third-order valence-electron chi connectivity index (χ3n) is 4.74. The van der Waals surface area contributed by atoms with E-state index in [4.69, 9.17) is 11.6 Å². The van der Waals surface area contributed by atoms with Gasteiger partial charge in [0.1, 0.15) is 5.82 Å². The molecule has 6 heteroatoms. The lowest BCUT2D eigenvalue weighted by atomic mass is 10.2. The van der Waals surface area contributed by atoms with E-state index in [1.54, 1.807) is 36.5 Å². The van der Waals surface area contributed by atoms with Crippen LogP contribution in [0, 0.1) is 0 Å². The quantitative estimate of drug-likeness (QED) is 0.616. The number of halogens is 1. The average molecular weight is 393 g/mol. The minimum atomic E-state index is -0.220. The highest BCUT2D eigenvalue weighted by atomic mass is 35.5. The van der Waals surface area contributed by atoms with E-state index in [1.165, 1.54) is 18.5 Å². The van der Waals surface area contributed by atoms with Gasteiger partial charge in [-0.25, -0.2) is 4.98 Å². The van der Waals surface area contributed by atoms with Gasteiger partial charge in [0.15, 0.2) is 0 Å². The fraction of sp³-hybridized carbons (Fsp3) is 0.182. The zero-order valence-electron chi connectivity index (χ0n) is 15.4. The van der Waals surface area contributed by atoms with Gasteiger partial charge in [-0.1, -0.05) is 11.6 Å². The highest BCUT2D eigenvalue weighted by Crippen LogP contribution is 2.24. The molecule has 5 nitrogen and oxygen atoms in total. The van der Waals surface area contributed by atoms with E-state index < -0.39 is 0 Å². The molecule has 1 saturated heterocycles. The van der Waals surface area contributed by atoms with Crippen LogP contribution in [-0.2, 0) is 0 Å². The van der Waals surface area contributed by atoms with Crippen LogP contribution < -0.4 is 15.5 Å².